The van der Waals surface area contributed by atoms with E-state index in [0.29, 0.717) is 0 Å². The smallest absolute Gasteiger partial charge is 0.230 e. The topological polar surface area (TPSA) is 89.8 Å². The van der Waals surface area contributed by atoms with Crippen molar-refractivity contribution in [1.82, 2.24) is 19.5 Å². The van der Waals surface area contributed by atoms with Crippen molar-refractivity contribution in [1.29, 1.82) is 0 Å². The summed E-state index contributed by atoms with van der Waals surface area (Å²) in [6.07, 6.45) is 3.47. The minimum Gasteiger partial charge on any atom is -0.282 e. The van der Waals surface area contributed by atoms with Crippen LogP contribution in [0.2, 0.25) is 5.28 Å². The molecule has 0 saturated heterocycles. The van der Waals surface area contributed by atoms with Gasteiger partial charge >= 0.3 is 0 Å². The lowest BCUT2D eigenvalue weighted by atomic mass is 10.4. The molecule has 0 amide bonds. The molecule has 1 N–H and O–H groups in total. The monoisotopic (exact) mass is 341 g/mol. The number of fused-ring (bicyclic) bond motifs is 1. The largest absolute Gasteiger partial charge is 0.282 e. The van der Waals surface area contributed by atoms with Gasteiger partial charge in [0.1, 0.15) is 11.6 Å². The van der Waals surface area contributed by atoms with E-state index < -0.39 is 15.8 Å². The molecule has 3 heterocycles. The number of aromatic nitrogens is 4. The standard InChI is InChI=1S/C12H9ClFN5O2S/c1-22(20,21)18-9-3-2-4-10(16-9)19-6-8(14)7-5-15-12(13)17-11(7)19/h2-6H,1H3,(H,16,18). The van der Waals surface area contributed by atoms with Gasteiger partial charge in [-0.1, -0.05) is 6.07 Å². The van der Waals surface area contributed by atoms with E-state index in [1.165, 1.54) is 23.0 Å². The Hall–Kier alpha value is -2.26. The quantitative estimate of drug-likeness (QED) is 0.736. The molecule has 0 spiro atoms. The molecule has 0 fully saturated rings. The average Bonchev–Trinajstić information content (AvgIpc) is 2.74. The molecule has 0 aromatic carbocycles. The second-order valence-electron chi connectivity index (χ2n) is 4.48. The van der Waals surface area contributed by atoms with Crippen LogP contribution >= 0.6 is 11.6 Å². The molecule has 7 nitrogen and oxygen atoms in total. The molecular formula is C12H9ClFN5O2S. The zero-order valence-electron chi connectivity index (χ0n) is 11.2. The summed E-state index contributed by atoms with van der Waals surface area (Å²) in [6, 6.07) is 4.65. The average molecular weight is 342 g/mol. The molecule has 0 unspecified atom stereocenters. The van der Waals surface area contributed by atoms with Gasteiger partial charge in [-0.05, 0) is 23.7 Å². The lowest BCUT2D eigenvalue weighted by Gasteiger charge is -2.07. The van der Waals surface area contributed by atoms with Crippen LogP contribution in [0.5, 0.6) is 0 Å². The van der Waals surface area contributed by atoms with E-state index in [1.807, 2.05) is 0 Å². The van der Waals surface area contributed by atoms with Crippen molar-refractivity contribution < 1.29 is 12.8 Å². The summed E-state index contributed by atoms with van der Waals surface area (Å²) in [4.78, 5) is 11.8. The Balaban J connectivity index is 2.16. The number of halogens is 2. The second kappa shape index (κ2) is 5.18. The van der Waals surface area contributed by atoms with Gasteiger partial charge in [-0.2, -0.15) is 4.98 Å². The molecule has 0 aliphatic rings. The number of rotatable bonds is 3. The van der Waals surface area contributed by atoms with E-state index >= 15 is 0 Å². The number of sulfonamides is 1. The lowest BCUT2D eigenvalue weighted by Crippen LogP contribution is -2.11. The first-order valence-electron chi connectivity index (χ1n) is 5.98. The van der Waals surface area contributed by atoms with Crippen LogP contribution in [0, 0.1) is 5.82 Å². The number of nitrogens with zero attached hydrogens (tertiary/aromatic N) is 4. The molecule has 0 bridgehead atoms. The zero-order valence-corrected chi connectivity index (χ0v) is 12.7. The zero-order chi connectivity index (χ0) is 15.9. The van der Waals surface area contributed by atoms with Crippen molar-refractivity contribution in [2.24, 2.45) is 0 Å². The van der Waals surface area contributed by atoms with Crippen molar-refractivity contribution in [3.8, 4) is 5.82 Å². The normalized spacial score (nSPS) is 11.8. The van der Waals surface area contributed by atoms with Crippen LogP contribution in [-0.2, 0) is 10.0 Å². The van der Waals surface area contributed by atoms with Gasteiger partial charge in [-0.25, -0.2) is 22.8 Å². The van der Waals surface area contributed by atoms with Crippen LogP contribution in [0.3, 0.4) is 0 Å². The van der Waals surface area contributed by atoms with E-state index in [9.17, 15) is 12.8 Å². The molecule has 0 aliphatic heterocycles. The van der Waals surface area contributed by atoms with Gasteiger partial charge in [0.15, 0.2) is 11.5 Å². The molecule has 10 heteroatoms. The van der Waals surface area contributed by atoms with E-state index in [2.05, 4.69) is 19.7 Å². The first-order chi connectivity index (χ1) is 10.3. The van der Waals surface area contributed by atoms with E-state index in [-0.39, 0.29) is 28.0 Å². The van der Waals surface area contributed by atoms with Gasteiger partial charge in [-0.3, -0.25) is 9.29 Å². The van der Waals surface area contributed by atoms with Crippen molar-refractivity contribution in [2.45, 2.75) is 0 Å². The molecule has 0 radical (unpaired) electrons. The van der Waals surface area contributed by atoms with Gasteiger partial charge in [0.25, 0.3) is 0 Å². The minimum atomic E-state index is -3.46. The molecule has 0 atom stereocenters. The Bertz CT molecular complexity index is 973. The predicted molar refractivity (Wildman–Crippen MR) is 80.1 cm³/mol. The minimum absolute atomic E-state index is 0.0303. The third-order valence-electron chi connectivity index (χ3n) is 2.74. The number of pyridine rings is 1. The Morgan fingerprint density at radius 3 is 2.82 bits per heavy atom. The highest BCUT2D eigenvalue weighted by molar-refractivity contribution is 7.92. The summed E-state index contributed by atoms with van der Waals surface area (Å²) in [5.74, 6) is -0.130. The van der Waals surface area contributed by atoms with Crippen molar-refractivity contribution in [3.05, 3.63) is 41.7 Å². The Morgan fingerprint density at radius 1 is 1.32 bits per heavy atom. The number of nitrogens with one attached hydrogen (secondary N) is 1. The third kappa shape index (κ3) is 2.85. The van der Waals surface area contributed by atoms with Crippen molar-refractivity contribution >= 4 is 38.5 Å². The maximum atomic E-state index is 13.9. The summed E-state index contributed by atoms with van der Waals surface area (Å²) in [5.41, 5.74) is 0.238. The maximum absolute atomic E-state index is 13.9. The Morgan fingerprint density at radius 2 is 2.09 bits per heavy atom. The van der Waals surface area contributed by atoms with Crippen molar-refractivity contribution in [2.75, 3.05) is 11.0 Å². The van der Waals surface area contributed by atoms with Gasteiger partial charge in [0, 0.05) is 12.4 Å². The highest BCUT2D eigenvalue weighted by atomic mass is 35.5. The molecular weight excluding hydrogens is 333 g/mol. The van der Waals surface area contributed by atoms with Gasteiger partial charge in [0.05, 0.1) is 11.6 Å². The summed E-state index contributed by atoms with van der Waals surface area (Å²) >= 11 is 5.74. The Kier molecular flexibility index (Phi) is 3.45. The fourth-order valence-electron chi connectivity index (χ4n) is 1.93. The summed E-state index contributed by atoms with van der Waals surface area (Å²) in [5, 5.41) is 0.157. The molecule has 22 heavy (non-hydrogen) atoms. The summed E-state index contributed by atoms with van der Waals surface area (Å²) in [7, 11) is -3.46. The van der Waals surface area contributed by atoms with Crippen LogP contribution in [0.25, 0.3) is 16.9 Å². The molecule has 3 rings (SSSR count). The van der Waals surface area contributed by atoms with E-state index in [1.54, 1.807) is 12.1 Å². The molecule has 114 valence electrons. The first-order valence-corrected chi connectivity index (χ1v) is 8.25. The third-order valence-corrected chi connectivity index (χ3v) is 3.50. The van der Waals surface area contributed by atoms with Crippen molar-refractivity contribution in [3.63, 3.8) is 0 Å². The van der Waals surface area contributed by atoms with Crippen LogP contribution in [0.15, 0.2) is 30.6 Å². The lowest BCUT2D eigenvalue weighted by molar-refractivity contribution is 0.606. The highest BCUT2D eigenvalue weighted by Gasteiger charge is 2.14. The molecule has 3 aromatic heterocycles. The first kappa shape index (κ1) is 14.7. The fourth-order valence-corrected chi connectivity index (χ4v) is 2.55. The Labute approximate surface area is 129 Å². The highest BCUT2D eigenvalue weighted by Crippen LogP contribution is 2.22. The summed E-state index contributed by atoms with van der Waals surface area (Å²) < 4.78 is 40.0. The molecule has 0 aliphatic carbocycles. The number of hydrogen-bond donors (Lipinski definition) is 1. The van der Waals surface area contributed by atoms with E-state index in [4.69, 9.17) is 11.6 Å². The van der Waals surface area contributed by atoms with Crippen LogP contribution < -0.4 is 4.72 Å². The van der Waals surface area contributed by atoms with Crippen LogP contribution in [-0.4, -0.2) is 34.2 Å². The summed E-state index contributed by atoms with van der Waals surface area (Å²) in [6.45, 7) is 0. The van der Waals surface area contributed by atoms with Crippen LogP contribution in [0.1, 0.15) is 0 Å². The maximum Gasteiger partial charge on any atom is 0.230 e. The van der Waals surface area contributed by atoms with Gasteiger partial charge < -0.3 is 0 Å². The van der Waals surface area contributed by atoms with Gasteiger partial charge in [0.2, 0.25) is 15.3 Å². The van der Waals surface area contributed by atoms with Crippen LogP contribution in [0.4, 0.5) is 10.2 Å². The fraction of sp³-hybridized carbons (Fsp3) is 0.0833. The van der Waals surface area contributed by atoms with E-state index in [0.717, 1.165) is 6.26 Å². The molecule has 0 saturated carbocycles. The number of anilines is 1. The SMILES string of the molecule is CS(=O)(=O)Nc1cccc(-n2cc(F)c3cnc(Cl)nc32)n1. The van der Waals surface area contributed by atoms with Gasteiger partial charge in [-0.15, -0.1) is 0 Å². The molecule has 3 aromatic rings. The number of hydrogen-bond acceptors (Lipinski definition) is 5. The predicted octanol–water partition coefficient (Wildman–Crippen LogP) is 1.98. The second-order valence-corrected chi connectivity index (χ2v) is 6.57.